The van der Waals surface area contributed by atoms with Crippen molar-refractivity contribution >= 4 is 5.78 Å². The van der Waals surface area contributed by atoms with E-state index in [1.807, 2.05) is 0 Å². The van der Waals surface area contributed by atoms with E-state index in [-0.39, 0.29) is 11.7 Å². The summed E-state index contributed by atoms with van der Waals surface area (Å²) in [6, 6.07) is 3.57. The third-order valence-corrected chi connectivity index (χ3v) is 3.90. The summed E-state index contributed by atoms with van der Waals surface area (Å²) < 4.78 is 5.21. The number of Topliss-reactive ketones (excluding diaryl/α,β-unsaturated/α-hetero) is 1. The molecule has 3 heteroatoms. The predicted octanol–water partition coefficient (Wildman–Crippen LogP) is 2.10. The molecule has 1 aromatic rings. The van der Waals surface area contributed by atoms with Gasteiger partial charge in [-0.15, -0.1) is 0 Å². The van der Waals surface area contributed by atoms with E-state index in [0.717, 1.165) is 25.9 Å². The lowest BCUT2D eigenvalue weighted by Crippen LogP contribution is -2.43. The van der Waals surface area contributed by atoms with E-state index in [0.29, 0.717) is 17.6 Å². The third kappa shape index (κ3) is 1.80. The van der Waals surface area contributed by atoms with E-state index in [2.05, 4.69) is 5.32 Å². The van der Waals surface area contributed by atoms with E-state index >= 15 is 0 Å². The van der Waals surface area contributed by atoms with Gasteiger partial charge in [0, 0.05) is 5.92 Å². The molecule has 16 heavy (non-hydrogen) atoms. The first-order chi connectivity index (χ1) is 7.83. The van der Waals surface area contributed by atoms with Crippen molar-refractivity contribution in [3.8, 4) is 0 Å². The second-order valence-corrected chi connectivity index (χ2v) is 5.14. The van der Waals surface area contributed by atoms with Crippen molar-refractivity contribution in [3.05, 3.63) is 24.2 Å². The van der Waals surface area contributed by atoms with Crippen molar-refractivity contribution in [2.75, 3.05) is 13.1 Å². The molecule has 2 atom stereocenters. The molecule has 2 unspecified atom stereocenters. The van der Waals surface area contributed by atoms with Crippen molar-refractivity contribution in [2.24, 2.45) is 17.8 Å². The molecule has 0 aromatic carbocycles. The second kappa shape index (κ2) is 4.06. The Hall–Kier alpha value is -1.09. The first-order valence-electron chi connectivity index (χ1n) is 6.11. The molecule has 1 aliphatic heterocycles. The van der Waals surface area contributed by atoms with Gasteiger partial charge in [-0.05, 0) is 56.3 Å². The molecule has 1 N–H and O–H groups in total. The van der Waals surface area contributed by atoms with Gasteiger partial charge in [0.25, 0.3) is 0 Å². The Balaban J connectivity index is 1.73. The lowest BCUT2D eigenvalue weighted by atomic mass is 9.71. The molecular weight excluding hydrogens is 202 g/mol. The molecule has 1 aromatic heterocycles. The SMILES string of the molecule is O=C(c1ccco1)C1CC2CNCC(C2)C1. The van der Waals surface area contributed by atoms with Crippen LogP contribution in [0.1, 0.15) is 29.8 Å². The van der Waals surface area contributed by atoms with Crippen molar-refractivity contribution in [3.63, 3.8) is 0 Å². The standard InChI is InChI=1S/C13H17NO2/c15-13(12-2-1-3-16-12)11-5-9-4-10(6-11)8-14-7-9/h1-3,9-11,14H,4-8H2. The summed E-state index contributed by atoms with van der Waals surface area (Å²) in [6.07, 6.45) is 4.94. The van der Waals surface area contributed by atoms with Gasteiger partial charge in [-0.25, -0.2) is 0 Å². The molecule has 0 radical (unpaired) electrons. The van der Waals surface area contributed by atoms with Crippen LogP contribution >= 0.6 is 0 Å². The molecule has 2 aliphatic rings. The summed E-state index contributed by atoms with van der Waals surface area (Å²) in [5.41, 5.74) is 0. The minimum atomic E-state index is 0.192. The fraction of sp³-hybridized carbons (Fsp3) is 0.615. The molecule has 0 spiro atoms. The van der Waals surface area contributed by atoms with Gasteiger partial charge in [-0.1, -0.05) is 0 Å². The molecule has 1 aliphatic carbocycles. The Morgan fingerprint density at radius 1 is 1.25 bits per heavy atom. The second-order valence-electron chi connectivity index (χ2n) is 5.14. The van der Waals surface area contributed by atoms with Crippen LogP contribution in [0.5, 0.6) is 0 Å². The van der Waals surface area contributed by atoms with Crippen molar-refractivity contribution in [1.29, 1.82) is 0 Å². The number of nitrogens with one attached hydrogen (secondary N) is 1. The Bertz CT molecular complexity index is 359. The average Bonchev–Trinajstić information content (AvgIpc) is 2.81. The van der Waals surface area contributed by atoms with Gasteiger partial charge in [0.2, 0.25) is 5.78 Å². The molecule has 3 rings (SSSR count). The van der Waals surface area contributed by atoms with E-state index < -0.39 is 0 Å². The summed E-state index contributed by atoms with van der Waals surface area (Å²) in [6.45, 7) is 2.16. The number of furan rings is 1. The Labute approximate surface area is 95.2 Å². The first-order valence-corrected chi connectivity index (χ1v) is 6.11. The molecule has 2 bridgehead atoms. The lowest BCUT2D eigenvalue weighted by Gasteiger charge is -2.38. The van der Waals surface area contributed by atoms with E-state index in [1.165, 1.54) is 6.42 Å². The maximum Gasteiger partial charge on any atom is 0.201 e. The molecular formula is C13H17NO2. The zero-order chi connectivity index (χ0) is 11.0. The highest BCUT2D eigenvalue weighted by Crippen LogP contribution is 2.36. The summed E-state index contributed by atoms with van der Waals surface area (Å²) in [5, 5.41) is 3.45. The molecule has 1 saturated carbocycles. The summed E-state index contributed by atoms with van der Waals surface area (Å²) in [4.78, 5) is 12.2. The minimum Gasteiger partial charge on any atom is -0.461 e. The smallest absolute Gasteiger partial charge is 0.201 e. The van der Waals surface area contributed by atoms with Crippen LogP contribution in [0.25, 0.3) is 0 Å². The van der Waals surface area contributed by atoms with Crippen molar-refractivity contribution < 1.29 is 9.21 Å². The minimum absolute atomic E-state index is 0.192. The van der Waals surface area contributed by atoms with Crippen molar-refractivity contribution in [1.82, 2.24) is 5.32 Å². The highest BCUT2D eigenvalue weighted by Gasteiger charge is 2.35. The molecule has 86 valence electrons. The fourth-order valence-electron chi connectivity index (χ4n) is 3.22. The van der Waals surface area contributed by atoms with E-state index in [4.69, 9.17) is 4.42 Å². The highest BCUT2D eigenvalue weighted by atomic mass is 16.3. The summed E-state index contributed by atoms with van der Waals surface area (Å²) in [5.74, 6) is 2.32. The van der Waals surface area contributed by atoms with Crippen LogP contribution in [0, 0.1) is 17.8 Å². The number of piperidine rings is 1. The van der Waals surface area contributed by atoms with Crippen LogP contribution in [-0.2, 0) is 0 Å². The van der Waals surface area contributed by atoms with Gasteiger partial charge in [0.05, 0.1) is 6.26 Å². The highest BCUT2D eigenvalue weighted by molar-refractivity contribution is 5.95. The van der Waals surface area contributed by atoms with Gasteiger partial charge in [0.15, 0.2) is 5.76 Å². The van der Waals surface area contributed by atoms with Crippen LogP contribution in [0.4, 0.5) is 0 Å². The Morgan fingerprint density at radius 3 is 2.62 bits per heavy atom. The Kier molecular flexibility index (Phi) is 2.56. The lowest BCUT2D eigenvalue weighted by molar-refractivity contribution is 0.0754. The number of carbonyl (C=O) groups is 1. The largest absolute Gasteiger partial charge is 0.461 e. The number of carbonyl (C=O) groups excluding carboxylic acids is 1. The quantitative estimate of drug-likeness (QED) is 0.774. The van der Waals surface area contributed by atoms with Gasteiger partial charge >= 0.3 is 0 Å². The van der Waals surface area contributed by atoms with Crippen LogP contribution in [-0.4, -0.2) is 18.9 Å². The normalized spacial score (nSPS) is 33.6. The van der Waals surface area contributed by atoms with E-state index in [9.17, 15) is 4.79 Å². The van der Waals surface area contributed by atoms with Crippen LogP contribution < -0.4 is 5.32 Å². The monoisotopic (exact) mass is 219 g/mol. The first kappa shape index (κ1) is 10.1. The average molecular weight is 219 g/mol. The number of ketones is 1. The van der Waals surface area contributed by atoms with Gasteiger partial charge < -0.3 is 9.73 Å². The molecule has 1 saturated heterocycles. The van der Waals surface area contributed by atoms with Gasteiger partial charge in [-0.2, -0.15) is 0 Å². The topological polar surface area (TPSA) is 42.2 Å². The predicted molar refractivity (Wildman–Crippen MR) is 60.2 cm³/mol. The zero-order valence-electron chi connectivity index (χ0n) is 9.32. The number of hydrogen-bond donors (Lipinski definition) is 1. The number of hydrogen-bond acceptors (Lipinski definition) is 3. The Morgan fingerprint density at radius 2 is 2.00 bits per heavy atom. The number of rotatable bonds is 2. The van der Waals surface area contributed by atoms with Crippen LogP contribution in [0.15, 0.2) is 22.8 Å². The zero-order valence-corrected chi connectivity index (χ0v) is 9.32. The third-order valence-electron chi connectivity index (χ3n) is 3.90. The molecule has 3 nitrogen and oxygen atoms in total. The number of fused-ring (bicyclic) bond motifs is 2. The van der Waals surface area contributed by atoms with Crippen LogP contribution in [0.3, 0.4) is 0 Å². The maximum atomic E-state index is 12.2. The van der Waals surface area contributed by atoms with Crippen molar-refractivity contribution in [2.45, 2.75) is 19.3 Å². The van der Waals surface area contributed by atoms with Gasteiger partial charge in [0.1, 0.15) is 0 Å². The summed E-state index contributed by atoms with van der Waals surface area (Å²) >= 11 is 0. The van der Waals surface area contributed by atoms with Gasteiger partial charge in [-0.3, -0.25) is 4.79 Å². The molecule has 0 amide bonds. The summed E-state index contributed by atoms with van der Waals surface area (Å²) in [7, 11) is 0. The van der Waals surface area contributed by atoms with Crippen LogP contribution in [0.2, 0.25) is 0 Å². The maximum absolute atomic E-state index is 12.2. The molecule has 2 fully saturated rings. The fourth-order valence-corrected chi connectivity index (χ4v) is 3.22. The van der Waals surface area contributed by atoms with E-state index in [1.54, 1.807) is 18.4 Å². The molecule has 2 heterocycles.